The van der Waals surface area contributed by atoms with Crippen molar-refractivity contribution in [3.05, 3.63) is 35.6 Å². The Bertz CT molecular complexity index is 542. The molecule has 1 aliphatic rings. The summed E-state index contributed by atoms with van der Waals surface area (Å²) >= 11 is 0. The molecule has 0 saturated carbocycles. The SMILES string of the molecule is CC(CN)C(=O)N1CCN(C(=O)Cc2ccccc2F)CC1. The van der Waals surface area contributed by atoms with E-state index in [1.807, 2.05) is 0 Å². The van der Waals surface area contributed by atoms with Crippen molar-refractivity contribution in [3.8, 4) is 0 Å². The van der Waals surface area contributed by atoms with Gasteiger partial charge in [-0.15, -0.1) is 0 Å². The number of benzene rings is 1. The van der Waals surface area contributed by atoms with Crippen LogP contribution in [-0.4, -0.2) is 54.3 Å². The summed E-state index contributed by atoms with van der Waals surface area (Å²) in [6.07, 6.45) is 0.0554. The van der Waals surface area contributed by atoms with Gasteiger partial charge in [0.15, 0.2) is 0 Å². The van der Waals surface area contributed by atoms with Gasteiger partial charge in [0, 0.05) is 38.6 Å². The Hall–Kier alpha value is -1.95. The van der Waals surface area contributed by atoms with Crippen LogP contribution in [-0.2, 0) is 16.0 Å². The van der Waals surface area contributed by atoms with Crippen molar-refractivity contribution in [2.24, 2.45) is 11.7 Å². The molecule has 0 radical (unpaired) electrons. The van der Waals surface area contributed by atoms with Crippen LogP contribution in [0, 0.1) is 11.7 Å². The highest BCUT2D eigenvalue weighted by Crippen LogP contribution is 2.11. The molecule has 22 heavy (non-hydrogen) atoms. The predicted molar refractivity (Wildman–Crippen MR) is 81.5 cm³/mol. The minimum Gasteiger partial charge on any atom is -0.339 e. The van der Waals surface area contributed by atoms with Gasteiger partial charge in [0.2, 0.25) is 11.8 Å². The second-order valence-corrected chi connectivity index (χ2v) is 5.61. The van der Waals surface area contributed by atoms with Gasteiger partial charge in [-0.2, -0.15) is 0 Å². The molecule has 2 rings (SSSR count). The van der Waals surface area contributed by atoms with Crippen LogP contribution in [0.1, 0.15) is 12.5 Å². The van der Waals surface area contributed by atoms with Gasteiger partial charge in [-0.25, -0.2) is 4.39 Å². The van der Waals surface area contributed by atoms with E-state index in [0.29, 0.717) is 38.3 Å². The average Bonchev–Trinajstić information content (AvgIpc) is 2.55. The minimum absolute atomic E-state index is 0.0312. The summed E-state index contributed by atoms with van der Waals surface area (Å²) in [5, 5.41) is 0. The maximum Gasteiger partial charge on any atom is 0.227 e. The van der Waals surface area contributed by atoms with Crippen molar-refractivity contribution >= 4 is 11.8 Å². The fourth-order valence-corrected chi connectivity index (χ4v) is 2.51. The highest BCUT2D eigenvalue weighted by atomic mass is 19.1. The lowest BCUT2D eigenvalue weighted by atomic mass is 10.1. The van der Waals surface area contributed by atoms with Gasteiger partial charge in [-0.3, -0.25) is 9.59 Å². The lowest BCUT2D eigenvalue weighted by molar-refractivity contribution is -0.141. The summed E-state index contributed by atoms with van der Waals surface area (Å²) in [7, 11) is 0. The first-order valence-corrected chi connectivity index (χ1v) is 7.53. The number of hydrogen-bond donors (Lipinski definition) is 1. The van der Waals surface area contributed by atoms with Gasteiger partial charge < -0.3 is 15.5 Å². The Kier molecular flexibility index (Phi) is 5.49. The van der Waals surface area contributed by atoms with E-state index in [1.165, 1.54) is 6.07 Å². The summed E-state index contributed by atoms with van der Waals surface area (Å²) in [5.41, 5.74) is 5.91. The molecular weight excluding hydrogens is 285 g/mol. The largest absolute Gasteiger partial charge is 0.339 e. The number of amides is 2. The molecule has 1 fully saturated rings. The van der Waals surface area contributed by atoms with Crippen LogP contribution >= 0.6 is 0 Å². The number of nitrogens with two attached hydrogens (primary N) is 1. The smallest absolute Gasteiger partial charge is 0.227 e. The molecule has 1 aliphatic heterocycles. The monoisotopic (exact) mass is 307 g/mol. The molecule has 1 unspecified atom stereocenters. The zero-order valence-corrected chi connectivity index (χ0v) is 12.8. The number of rotatable bonds is 4. The maximum atomic E-state index is 13.6. The van der Waals surface area contributed by atoms with Crippen LogP contribution in [0.3, 0.4) is 0 Å². The van der Waals surface area contributed by atoms with Gasteiger partial charge in [-0.05, 0) is 11.6 Å². The molecule has 0 aromatic heterocycles. The lowest BCUT2D eigenvalue weighted by Crippen LogP contribution is -2.52. The highest BCUT2D eigenvalue weighted by Gasteiger charge is 2.26. The third-order valence-electron chi connectivity index (χ3n) is 4.02. The van der Waals surface area contributed by atoms with E-state index < -0.39 is 0 Å². The third-order valence-corrected chi connectivity index (χ3v) is 4.02. The Morgan fingerprint density at radius 3 is 2.36 bits per heavy atom. The Balaban J connectivity index is 1.88. The average molecular weight is 307 g/mol. The number of nitrogens with zero attached hydrogens (tertiary/aromatic N) is 2. The number of piperazine rings is 1. The maximum absolute atomic E-state index is 13.6. The van der Waals surface area contributed by atoms with Crippen LogP contribution in [0.25, 0.3) is 0 Å². The number of hydrogen-bond acceptors (Lipinski definition) is 3. The third kappa shape index (κ3) is 3.82. The topological polar surface area (TPSA) is 66.6 Å². The van der Waals surface area contributed by atoms with Gasteiger partial charge in [0.25, 0.3) is 0 Å². The van der Waals surface area contributed by atoms with Crippen LogP contribution in [0.4, 0.5) is 4.39 Å². The summed E-state index contributed by atoms with van der Waals surface area (Å²) in [4.78, 5) is 27.7. The van der Waals surface area contributed by atoms with E-state index in [0.717, 1.165) is 0 Å². The van der Waals surface area contributed by atoms with Crippen molar-refractivity contribution in [1.29, 1.82) is 0 Å². The van der Waals surface area contributed by atoms with Crippen molar-refractivity contribution in [2.75, 3.05) is 32.7 Å². The first kappa shape index (κ1) is 16.4. The first-order chi connectivity index (χ1) is 10.5. The van der Waals surface area contributed by atoms with Crippen molar-refractivity contribution in [2.45, 2.75) is 13.3 Å². The van der Waals surface area contributed by atoms with E-state index in [2.05, 4.69) is 0 Å². The van der Waals surface area contributed by atoms with Crippen LogP contribution < -0.4 is 5.73 Å². The molecule has 0 spiro atoms. The van der Waals surface area contributed by atoms with Crippen LogP contribution in [0.2, 0.25) is 0 Å². The Morgan fingerprint density at radius 1 is 1.18 bits per heavy atom. The standard InChI is InChI=1S/C16H22FN3O2/c1-12(11-18)16(22)20-8-6-19(7-9-20)15(21)10-13-4-2-3-5-14(13)17/h2-5,12H,6-11,18H2,1H3. The number of carbonyl (C=O) groups excluding carboxylic acids is 2. The summed E-state index contributed by atoms with van der Waals surface area (Å²) in [6.45, 7) is 4.11. The molecule has 5 nitrogen and oxygen atoms in total. The van der Waals surface area contributed by atoms with E-state index >= 15 is 0 Å². The highest BCUT2D eigenvalue weighted by molar-refractivity contribution is 5.81. The number of carbonyl (C=O) groups is 2. The molecule has 2 N–H and O–H groups in total. The molecular formula is C16H22FN3O2. The summed E-state index contributed by atoms with van der Waals surface area (Å²) < 4.78 is 13.6. The number of halogens is 1. The second kappa shape index (κ2) is 7.35. The normalized spacial score (nSPS) is 16.5. The van der Waals surface area contributed by atoms with Crippen molar-refractivity contribution in [1.82, 2.24) is 9.80 Å². The molecule has 120 valence electrons. The van der Waals surface area contributed by atoms with Crippen LogP contribution in [0.5, 0.6) is 0 Å². The second-order valence-electron chi connectivity index (χ2n) is 5.61. The summed E-state index contributed by atoms with van der Waals surface area (Å²) in [5.74, 6) is -0.630. The first-order valence-electron chi connectivity index (χ1n) is 7.53. The van der Waals surface area contributed by atoms with E-state index in [-0.39, 0.29) is 30.0 Å². The molecule has 6 heteroatoms. The van der Waals surface area contributed by atoms with Gasteiger partial charge in [-0.1, -0.05) is 25.1 Å². The van der Waals surface area contributed by atoms with E-state index in [4.69, 9.17) is 5.73 Å². The molecule has 1 saturated heterocycles. The quantitative estimate of drug-likeness (QED) is 0.887. The molecule has 1 atom stereocenters. The Labute approximate surface area is 129 Å². The minimum atomic E-state index is -0.360. The van der Waals surface area contributed by atoms with E-state index in [9.17, 15) is 14.0 Å². The van der Waals surface area contributed by atoms with Gasteiger partial charge in [0.05, 0.1) is 6.42 Å². The Morgan fingerprint density at radius 2 is 1.77 bits per heavy atom. The molecule has 1 aromatic carbocycles. The van der Waals surface area contributed by atoms with Gasteiger partial charge >= 0.3 is 0 Å². The summed E-state index contributed by atoms with van der Waals surface area (Å²) in [6, 6.07) is 6.30. The molecule has 0 aliphatic carbocycles. The molecule has 1 aromatic rings. The fraction of sp³-hybridized carbons (Fsp3) is 0.500. The molecule has 2 amide bonds. The fourth-order valence-electron chi connectivity index (χ4n) is 2.51. The van der Waals surface area contributed by atoms with Gasteiger partial charge in [0.1, 0.15) is 5.82 Å². The zero-order chi connectivity index (χ0) is 16.1. The van der Waals surface area contributed by atoms with Crippen molar-refractivity contribution in [3.63, 3.8) is 0 Å². The zero-order valence-electron chi connectivity index (χ0n) is 12.8. The lowest BCUT2D eigenvalue weighted by Gasteiger charge is -2.36. The van der Waals surface area contributed by atoms with E-state index in [1.54, 1.807) is 34.9 Å². The van der Waals surface area contributed by atoms with Crippen LogP contribution in [0.15, 0.2) is 24.3 Å². The molecule has 0 bridgehead atoms. The van der Waals surface area contributed by atoms with Crippen molar-refractivity contribution < 1.29 is 14.0 Å². The predicted octanol–water partition coefficient (Wildman–Crippen LogP) is 0.634. The molecule has 1 heterocycles.